The highest BCUT2D eigenvalue weighted by Gasteiger charge is 2.33. The fourth-order valence-electron chi connectivity index (χ4n) is 3.20. The smallest absolute Gasteiger partial charge is 0.265 e. The predicted octanol–water partition coefficient (Wildman–Crippen LogP) is 3.05. The lowest BCUT2D eigenvalue weighted by molar-refractivity contribution is -0.133. The summed E-state index contributed by atoms with van der Waals surface area (Å²) < 4.78 is 16.8. The van der Waals surface area contributed by atoms with Gasteiger partial charge in [-0.1, -0.05) is 24.3 Å². The van der Waals surface area contributed by atoms with Crippen LogP contribution < -0.4 is 20.1 Å². The van der Waals surface area contributed by atoms with Gasteiger partial charge in [0.1, 0.15) is 11.9 Å². The first-order valence-corrected chi connectivity index (χ1v) is 9.70. The Bertz CT molecular complexity index is 1030. The Balaban J connectivity index is 1.34. The molecule has 1 aliphatic heterocycles. The second-order valence-corrected chi connectivity index (χ2v) is 6.99. The lowest BCUT2D eigenvalue weighted by Gasteiger charge is -2.31. The SMILES string of the molecule is CC1Oc2ccccc2OC1C(=O)NCc1cccc(C(=O)NCc2ccco2)c1. The molecule has 2 unspecified atom stereocenters. The quantitative estimate of drug-likeness (QED) is 0.657. The molecule has 2 amide bonds. The van der Waals surface area contributed by atoms with E-state index in [0.717, 1.165) is 5.56 Å². The van der Waals surface area contributed by atoms with Gasteiger partial charge in [0.2, 0.25) is 6.10 Å². The number of fused-ring (bicyclic) bond motifs is 1. The Morgan fingerprint density at radius 1 is 0.900 bits per heavy atom. The van der Waals surface area contributed by atoms with Crippen molar-refractivity contribution in [1.29, 1.82) is 0 Å². The zero-order chi connectivity index (χ0) is 20.9. The van der Waals surface area contributed by atoms with E-state index in [9.17, 15) is 9.59 Å². The number of nitrogens with one attached hydrogen (secondary N) is 2. The number of para-hydroxylation sites is 2. The van der Waals surface area contributed by atoms with Gasteiger partial charge < -0.3 is 24.5 Å². The molecule has 0 saturated heterocycles. The summed E-state index contributed by atoms with van der Waals surface area (Å²) in [5.74, 6) is 1.36. The summed E-state index contributed by atoms with van der Waals surface area (Å²) in [6, 6.07) is 17.9. The monoisotopic (exact) mass is 406 g/mol. The number of ether oxygens (including phenoxy) is 2. The zero-order valence-electron chi connectivity index (χ0n) is 16.5. The highest BCUT2D eigenvalue weighted by Crippen LogP contribution is 2.33. The van der Waals surface area contributed by atoms with E-state index in [2.05, 4.69) is 10.6 Å². The minimum atomic E-state index is -0.750. The van der Waals surface area contributed by atoms with E-state index in [4.69, 9.17) is 13.9 Å². The molecule has 2 N–H and O–H groups in total. The molecular weight excluding hydrogens is 384 g/mol. The van der Waals surface area contributed by atoms with Crippen LogP contribution in [0.1, 0.15) is 28.6 Å². The molecule has 0 saturated carbocycles. The van der Waals surface area contributed by atoms with Gasteiger partial charge in [0, 0.05) is 12.1 Å². The van der Waals surface area contributed by atoms with E-state index in [0.29, 0.717) is 29.4 Å². The van der Waals surface area contributed by atoms with E-state index < -0.39 is 12.2 Å². The number of hydrogen-bond donors (Lipinski definition) is 2. The molecule has 7 heteroatoms. The van der Waals surface area contributed by atoms with Gasteiger partial charge in [-0.2, -0.15) is 0 Å². The first-order valence-electron chi connectivity index (χ1n) is 9.70. The van der Waals surface area contributed by atoms with Crippen molar-refractivity contribution in [3.05, 3.63) is 83.8 Å². The Labute approximate surface area is 174 Å². The number of carbonyl (C=O) groups excluding carboxylic acids is 2. The molecule has 0 bridgehead atoms. The van der Waals surface area contributed by atoms with Crippen LogP contribution in [0, 0.1) is 0 Å². The molecule has 4 rings (SSSR count). The zero-order valence-corrected chi connectivity index (χ0v) is 16.5. The molecule has 0 aliphatic carbocycles. The second kappa shape index (κ2) is 8.73. The number of hydrogen-bond acceptors (Lipinski definition) is 5. The number of rotatable bonds is 6. The van der Waals surface area contributed by atoms with Crippen molar-refractivity contribution in [2.24, 2.45) is 0 Å². The van der Waals surface area contributed by atoms with E-state index in [1.54, 1.807) is 49.6 Å². The molecule has 1 aromatic heterocycles. The molecule has 1 aliphatic rings. The summed E-state index contributed by atoms with van der Waals surface area (Å²) in [7, 11) is 0. The van der Waals surface area contributed by atoms with Crippen molar-refractivity contribution < 1.29 is 23.5 Å². The van der Waals surface area contributed by atoms with Crippen LogP contribution in [0.3, 0.4) is 0 Å². The van der Waals surface area contributed by atoms with Gasteiger partial charge in [0.15, 0.2) is 11.5 Å². The third-order valence-electron chi connectivity index (χ3n) is 4.76. The topological polar surface area (TPSA) is 89.8 Å². The lowest BCUT2D eigenvalue weighted by atomic mass is 10.1. The van der Waals surface area contributed by atoms with Gasteiger partial charge in [0.25, 0.3) is 11.8 Å². The Morgan fingerprint density at radius 2 is 1.70 bits per heavy atom. The van der Waals surface area contributed by atoms with Gasteiger partial charge in [-0.25, -0.2) is 0 Å². The van der Waals surface area contributed by atoms with Crippen molar-refractivity contribution in [1.82, 2.24) is 10.6 Å². The molecule has 2 aromatic carbocycles. The maximum absolute atomic E-state index is 12.6. The third kappa shape index (κ3) is 4.46. The first-order chi connectivity index (χ1) is 14.6. The summed E-state index contributed by atoms with van der Waals surface area (Å²) >= 11 is 0. The molecule has 2 atom stereocenters. The van der Waals surface area contributed by atoms with Crippen molar-refractivity contribution in [3.63, 3.8) is 0 Å². The summed E-state index contributed by atoms with van der Waals surface area (Å²) in [6.45, 7) is 2.38. The Kier molecular flexibility index (Phi) is 5.70. The summed E-state index contributed by atoms with van der Waals surface area (Å²) in [5.41, 5.74) is 1.31. The molecule has 0 radical (unpaired) electrons. The van der Waals surface area contributed by atoms with Crippen LogP contribution >= 0.6 is 0 Å². The largest absolute Gasteiger partial charge is 0.482 e. The highest BCUT2D eigenvalue weighted by molar-refractivity contribution is 5.94. The second-order valence-electron chi connectivity index (χ2n) is 6.99. The van der Waals surface area contributed by atoms with Gasteiger partial charge in [0.05, 0.1) is 12.8 Å². The molecular formula is C23H22N2O5. The fraction of sp³-hybridized carbons (Fsp3) is 0.217. The van der Waals surface area contributed by atoms with Crippen molar-refractivity contribution in [3.8, 4) is 11.5 Å². The minimum absolute atomic E-state index is 0.214. The minimum Gasteiger partial charge on any atom is -0.482 e. The molecule has 3 aromatic rings. The van der Waals surface area contributed by atoms with Crippen LogP contribution in [0.25, 0.3) is 0 Å². The number of benzene rings is 2. The Morgan fingerprint density at radius 3 is 2.47 bits per heavy atom. The van der Waals surface area contributed by atoms with Crippen LogP contribution in [0.2, 0.25) is 0 Å². The first kappa shape index (κ1) is 19.6. The fourth-order valence-corrected chi connectivity index (χ4v) is 3.20. The van der Waals surface area contributed by atoms with Crippen LogP contribution in [0.15, 0.2) is 71.3 Å². The van der Waals surface area contributed by atoms with Crippen molar-refractivity contribution in [2.45, 2.75) is 32.2 Å². The third-order valence-corrected chi connectivity index (χ3v) is 4.76. The molecule has 7 nitrogen and oxygen atoms in total. The average Bonchev–Trinajstić information content (AvgIpc) is 3.29. The van der Waals surface area contributed by atoms with E-state index >= 15 is 0 Å². The molecule has 154 valence electrons. The number of amides is 2. The maximum Gasteiger partial charge on any atom is 0.265 e. The van der Waals surface area contributed by atoms with Crippen LogP contribution in [-0.4, -0.2) is 24.0 Å². The number of carbonyl (C=O) groups is 2. The summed E-state index contributed by atoms with van der Waals surface area (Å²) in [6.07, 6.45) is 0.393. The van der Waals surface area contributed by atoms with Crippen LogP contribution in [0.5, 0.6) is 11.5 Å². The summed E-state index contributed by atoms with van der Waals surface area (Å²) in [4.78, 5) is 25.0. The molecule has 30 heavy (non-hydrogen) atoms. The predicted molar refractivity (Wildman–Crippen MR) is 109 cm³/mol. The number of furan rings is 1. The molecule has 0 spiro atoms. The van der Waals surface area contributed by atoms with Gasteiger partial charge in [-0.05, 0) is 48.9 Å². The van der Waals surface area contributed by atoms with Crippen LogP contribution in [-0.2, 0) is 17.9 Å². The molecule has 2 heterocycles. The molecule has 0 fully saturated rings. The van der Waals surface area contributed by atoms with E-state index in [-0.39, 0.29) is 18.4 Å². The summed E-state index contributed by atoms with van der Waals surface area (Å²) in [5, 5.41) is 5.66. The normalized spacial score (nSPS) is 17.2. The lowest BCUT2D eigenvalue weighted by Crippen LogP contribution is -2.48. The van der Waals surface area contributed by atoms with Crippen molar-refractivity contribution >= 4 is 11.8 Å². The van der Waals surface area contributed by atoms with Gasteiger partial charge in [-0.15, -0.1) is 0 Å². The standard InChI is InChI=1S/C23H22N2O5/c1-15-21(30-20-10-3-2-9-19(20)29-15)23(27)24-13-16-6-4-7-17(12-16)22(26)25-14-18-8-5-11-28-18/h2-12,15,21H,13-14H2,1H3,(H,24,27)(H,25,26). The van der Waals surface area contributed by atoms with Crippen LogP contribution in [0.4, 0.5) is 0 Å². The van der Waals surface area contributed by atoms with Gasteiger partial charge in [-0.3, -0.25) is 9.59 Å². The van der Waals surface area contributed by atoms with Gasteiger partial charge >= 0.3 is 0 Å². The van der Waals surface area contributed by atoms with Crippen molar-refractivity contribution in [2.75, 3.05) is 0 Å². The highest BCUT2D eigenvalue weighted by atomic mass is 16.6. The van der Waals surface area contributed by atoms with E-state index in [1.807, 2.05) is 24.3 Å². The maximum atomic E-state index is 12.6. The Hall–Kier alpha value is -3.74. The van der Waals surface area contributed by atoms with E-state index in [1.165, 1.54) is 0 Å². The average molecular weight is 406 g/mol.